The average Bonchev–Trinajstić information content (AvgIpc) is 2.90. The van der Waals surface area contributed by atoms with E-state index in [0.717, 1.165) is 31.8 Å². The van der Waals surface area contributed by atoms with Crippen LogP contribution in [0.3, 0.4) is 0 Å². The van der Waals surface area contributed by atoms with E-state index in [4.69, 9.17) is 4.74 Å². The van der Waals surface area contributed by atoms with Gasteiger partial charge in [-0.1, -0.05) is 40.2 Å². The predicted octanol–water partition coefficient (Wildman–Crippen LogP) is 4.02. The molecule has 0 bridgehead atoms. The topological polar surface area (TPSA) is 12.5 Å². The summed E-state index contributed by atoms with van der Waals surface area (Å²) in [5.41, 5.74) is 4.22. The molecule has 1 aliphatic rings. The minimum absolute atomic E-state index is 0.940. The summed E-state index contributed by atoms with van der Waals surface area (Å²) in [5.74, 6) is 0.940. The fraction of sp³-hybridized carbons (Fsp3) is 0.294. The van der Waals surface area contributed by atoms with Crippen LogP contribution in [0, 0.1) is 0 Å². The Balaban J connectivity index is 1.62. The van der Waals surface area contributed by atoms with Crippen molar-refractivity contribution >= 4 is 15.9 Å². The second-order valence-electron chi connectivity index (χ2n) is 5.19. The molecule has 2 aromatic rings. The normalized spacial score (nSPS) is 14.3. The Bertz CT molecular complexity index is 612. The lowest BCUT2D eigenvalue weighted by Gasteiger charge is -2.15. The molecule has 2 nitrogen and oxygen atoms in total. The van der Waals surface area contributed by atoms with Crippen molar-refractivity contribution in [2.24, 2.45) is 0 Å². The molecular formula is C17H18BrNO. The van der Waals surface area contributed by atoms with E-state index in [9.17, 15) is 0 Å². The lowest BCUT2D eigenvalue weighted by Crippen LogP contribution is -2.19. The van der Waals surface area contributed by atoms with E-state index < -0.39 is 0 Å². The molecule has 2 aromatic carbocycles. The molecule has 3 heteroatoms. The first-order valence-electron chi connectivity index (χ1n) is 6.88. The number of nitrogens with zero attached hydrogens (tertiary/aromatic N) is 1. The molecular weight excluding hydrogens is 314 g/mol. The molecule has 0 fully saturated rings. The first kappa shape index (κ1) is 13.7. The van der Waals surface area contributed by atoms with Crippen LogP contribution in [-0.2, 0) is 19.5 Å². The van der Waals surface area contributed by atoms with Gasteiger partial charge in [0.2, 0.25) is 0 Å². The van der Waals surface area contributed by atoms with Gasteiger partial charge in [0.25, 0.3) is 0 Å². The summed E-state index contributed by atoms with van der Waals surface area (Å²) in [5, 5.41) is 0. The van der Waals surface area contributed by atoms with Crippen LogP contribution in [0.1, 0.15) is 16.7 Å². The molecule has 0 amide bonds. The lowest BCUT2D eigenvalue weighted by molar-refractivity contribution is 0.287. The van der Waals surface area contributed by atoms with Crippen LogP contribution < -0.4 is 4.74 Å². The molecule has 0 atom stereocenters. The quantitative estimate of drug-likeness (QED) is 0.839. The third-order valence-electron chi connectivity index (χ3n) is 3.84. The summed E-state index contributed by atoms with van der Waals surface area (Å²) in [6, 6.07) is 14.8. The molecule has 1 heterocycles. The lowest BCUT2D eigenvalue weighted by atomic mass is 10.1. The maximum absolute atomic E-state index is 5.27. The largest absolute Gasteiger partial charge is 0.497 e. The molecule has 0 N–H and O–H groups in total. The van der Waals surface area contributed by atoms with Crippen molar-refractivity contribution in [1.29, 1.82) is 0 Å². The fourth-order valence-electron chi connectivity index (χ4n) is 2.72. The van der Waals surface area contributed by atoms with Crippen molar-refractivity contribution in [3.63, 3.8) is 0 Å². The van der Waals surface area contributed by atoms with Crippen molar-refractivity contribution in [2.45, 2.75) is 19.5 Å². The maximum atomic E-state index is 5.27. The Morgan fingerprint density at radius 3 is 2.80 bits per heavy atom. The van der Waals surface area contributed by atoms with Gasteiger partial charge in [0.1, 0.15) is 5.75 Å². The first-order valence-corrected chi connectivity index (χ1v) is 7.67. The molecule has 0 radical (unpaired) electrons. The van der Waals surface area contributed by atoms with Crippen LogP contribution in [0.15, 0.2) is 46.9 Å². The third kappa shape index (κ3) is 2.89. The zero-order chi connectivity index (χ0) is 13.9. The van der Waals surface area contributed by atoms with Gasteiger partial charge < -0.3 is 4.74 Å². The molecule has 0 saturated heterocycles. The second kappa shape index (κ2) is 5.98. The van der Waals surface area contributed by atoms with E-state index in [1.165, 1.54) is 21.2 Å². The highest BCUT2D eigenvalue weighted by atomic mass is 79.9. The van der Waals surface area contributed by atoms with Gasteiger partial charge in [-0.05, 0) is 41.3 Å². The van der Waals surface area contributed by atoms with Crippen LogP contribution in [0.25, 0.3) is 0 Å². The minimum Gasteiger partial charge on any atom is -0.497 e. The Morgan fingerprint density at radius 2 is 2.00 bits per heavy atom. The number of rotatable bonds is 4. The molecule has 1 aliphatic heterocycles. The summed E-state index contributed by atoms with van der Waals surface area (Å²) in [7, 11) is 1.72. The molecule has 0 spiro atoms. The molecule has 3 rings (SSSR count). The molecule has 104 valence electrons. The summed E-state index contributed by atoms with van der Waals surface area (Å²) in [6.45, 7) is 3.17. The van der Waals surface area contributed by atoms with Gasteiger partial charge in [0.15, 0.2) is 0 Å². The van der Waals surface area contributed by atoms with Crippen LogP contribution in [0.5, 0.6) is 5.75 Å². The van der Waals surface area contributed by atoms with Crippen LogP contribution >= 0.6 is 15.9 Å². The Kier molecular flexibility index (Phi) is 4.08. The highest BCUT2D eigenvalue weighted by Gasteiger charge is 2.20. The zero-order valence-electron chi connectivity index (χ0n) is 11.6. The Hall–Kier alpha value is -1.32. The van der Waals surface area contributed by atoms with Gasteiger partial charge in [0.05, 0.1) is 7.11 Å². The van der Waals surface area contributed by atoms with E-state index >= 15 is 0 Å². The van der Waals surface area contributed by atoms with Gasteiger partial charge in [-0.2, -0.15) is 0 Å². The molecule has 0 aromatic heterocycles. The average molecular weight is 332 g/mol. The Labute approximate surface area is 128 Å². The summed E-state index contributed by atoms with van der Waals surface area (Å²) < 4.78 is 6.51. The second-order valence-corrected chi connectivity index (χ2v) is 6.04. The smallest absolute Gasteiger partial charge is 0.119 e. The van der Waals surface area contributed by atoms with Gasteiger partial charge in [-0.25, -0.2) is 0 Å². The fourth-order valence-corrected chi connectivity index (χ4v) is 3.25. The number of hydrogen-bond donors (Lipinski definition) is 0. The van der Waals surface area contributed by atoms with Crippen molar-refractivity contribution in [3.8, 4) is 5.75 Å². The van der Waals surface area contributed by atoms with Crippen molar-refractivity contribution in [2.75, 3.05) is 13.7 Å². The van der Waals surface area contributed by atoms with E-state index in [1.807, 2.05) is 6.07 Å². The van der Waals surface area contributed by atoms with E-state index in [2.05, 4.69) is 57.2 Å². The van der Waals surface area contributed by atoms with Gasteiger partial charge in [-0.3, -0.25) is 4.90 Å². The minimum atomic E-state index is 0.940. The molecule has 0 saturated carbocycles. The summed E-state index contributed by atoms with van der Waals surface area (Å²) >= 11 is 3.65. The van der Waals surface area contributed by atoms with Gasteiger partial charge in [0, 0.05) is 24.1 Å². The van der Waals surface area contributed by atoms with Crippen LogP contribution in [0.2, 0.25) is 0 Å². The standard InChI is InChI=1S/C17H18BrNO/c1-20-15-6-2-4-13(10-15)8-9-19-11-14-5-3-7-17(18)16(14)12-19/h2-7,10H,8-9,11-12H2,1H3. The number of benzene rings is 2. The number of hydrogen-bond acceptors (Lipinski definition) is 2. The van der Waals surface area contributed by atoms with Crippen LogP contribution in [-0.4, -0.2) is 18.6 Å². The number of ether oxygens (including phenoxy) is 1. The summed E-state index contributed by atoms with van der Waals surface area (Å²) in [4.78, 5) is 2.49. The number of halogens is 1. The summed E-state index contributed by atoms with van der Waals surface area (Å²) in [6.07, 6.45) is 1.06. The van der Waals surface area contributed by atoms with E-state index in [-0.39, 0.29) is 0 Å². The molecule has 20 heavy (non-hydrogen) atoms. The van der Waals surface area contributed by atoms with Crippen molar-refractivity contribution in [3.05, 3.63) is 63.6 Å². The third-order valence-corrected chi connectivity index (χ3v) is 4.59. The van der Waals surface area contributed by atoms with Gasteiger partial charge in [-0.15, -0.1) is 0 Å². The molecule has 0 unspecified atom stereocenters. The van der Waals surface area contributed by atoms with E-state index in [1.54, 1.807) is 7.11 Å². The van der Waals surface area contributed by atoms with E-state index in [0.29, 0.717) is 0 Å². The SMILES string of the molecule is COc1cccc(CCN2Cc3cccc(Br)c3C2)c1. The predicted molar refractivity (Wildman–Crippen MR) is 85.0 cm³/mol. The number of fused-ring (bicyclic) bond motifs is 1. The van der Waals surface area contributed by atoms with Gasteiger partial charge >= 0.3 is 0 Å². The maximum Gasteiger partial charge on any atom is 0.119 e. The first-order chi connectivity index (χ1) is 9.76. The Morgan fingerprint density at radius 1 is 1.15 bits per heavy atom. The van der Waals surface area contributed by atoms with Crippen molar-refractivity contribution < 1.29 is 4.74 Å². The van der Waals surface area contributed by atoms with Crippen LogP contribution in [0.4, 0.5) is 0 Å². The highest BCUT2D eigenvalue weighted by molar-refractivity contribution is 9.10. The monoisotopic (exact) mass is 331 g/mol. The highest BCUT2D eigenvalue weighted by Crippen LogP contribution is 2.29. The zero-order valence-corrected chi connectivity index (χ0v) is 13.2. The van der Waals surface area contributed by atoms with Crippen molar-refractivity contribution in [1.82, 2.24) is 4.90 Å². The molecule has 0 aliphatic carbocycles. The number of methoxy groups -OCH3 is 1.